The van der Waals surface area contributed by atoms with Crippen LogP contribution in [-0.2, 0) is 53.1 Å². The van der Waals surface area contributed by atoms with E-state index in [0.29, 0.717) is 0 Å². The number of rotatable bonds is 0. The van der Waals surface area contributed by atoms with Gasteiger partial charge in [-0.2, -0.15) is 0 Å². The fourth-order valence-corrected chi connectivity index (χ4v) is 0. The Morgan fingerprint density at radius 3 is 0.571 bits per heavy atom. The average molecular weight is 2750 g/mol. The van der Waals surface area contributed by atoms with E-state index < -0.39 is 0 Å². The summed E-state index contributed by atoms with van der Waals surface area (Å²) in [5.41, 5.74) is 0. The predicted molar refractivity (Wildman–Crippen MR) is 172 cm³/mol. The summed E-state index contributed by atoms with van der Waals surface area (Å²) in [5, 5.41) is 0. The molecule has 21 heteroatoms. The molecule has 127 valence electrons. The van der Waals surface area contributed by atoms with Crippen molar-refractivity contribution >= 4 is 415 Å². The minimum Gasteiger partial charge on any atom is 0 e. The van der Waals surface area contributed by atoms with E-state index >= 15 is 0 Å². The summed E-state index contributed by atoms with van der Waals surface area (Å²) in [5.74, 6) is 0. The molecule has 0 saturated carbocycles. The fourth-order valence-electron chi connectivity index (χ4n) is 0. The summed E-state index contributed by atoms with van der Waals surface area (Å²) in [7, 11) is 0. The number of hydrogen-bond acceptors (Lipinski definition) is 0. The zero-order chi connectivity index (χ0) is 0. The molecule has 0 aliphatic rings. The smallest absolute Gasteiger partial charge is 0 e. The second-order valence-electron chi connectivity index (χ2n) is 0. The van der Waals surface area contributed by atoms with E-state index in [1.54, 1.807) is 0 Å². The van der Waals surface area contributed by atoms with Crippen LogP contribution in [0.25, 0.3) is 0 Å². The van der Waals surface area contributed by atoms with Gasteiger partial charge in [-0.1, -0.05) is 0 Å². The van der Waals surface area contributed by atoms with Crippen LogP contribution in [0.3, 0.4) is 0 Å². The van der Waals surface area contributed by atoms with Crippen LogP contribution in [0.5, 0.6) is 0 Å². The molecule has 0 unspecified atom stereocenters. The minimum atomic E-state index is 0. The van der Waals surface area contributed by atoms with E-state index in [1.807, 2.05) is 0 Å². The first-order valence-electron chi connectivity index (χ1n) is 0. The van der Waals surface area contributed by atoms with E-state index in [0.717, 1.165) is 0 Å². The number of hydrogen-bond donors (Lipinski definition) is 0. The second kappa shape index (κ2) is 153. The summed E-state index contributed by atoms with van der Waals surface area (Å²) in [4.78, 5) is 0. The van der Waals surface area contributed by atoms with Crippen molar-refractivity contribution in [3.63, 3.8) is 0 Å². The zero-order valence-corrected chi connectivity index (χ0v) is 56.0. The molecule has 0 fully saturated rings. The van der Waals surface area contributed by atoms with Crippen LogP contribution < -0.4 is 0 Å². The Morgan fingerprint density at radius 2 is 0.571 bits per heavy atom. The second-order valence-corrected chi connectivity index (χ2v) is 0. The van der Waals surface area contributed by atoms with Crippen molar-refractivity contribution in [2.45, 2.75) is 0 Å². The van der Waals surface area contributed by atoms with E-state index in [-0.39, 0.29) is 621 Å². The molecule has 0 atom stereocenters. The molecule has 0 nitrogen and oxygen atoms in total. The van der Waals surface area contributed by atoms with Gasteiger partial charge in [-0.15, -0.1) is 0 Å². The fraction of sp³-hybridized carbons (Fsp3) is 0. The molecule has 0 aromatic rings. The van der Waals surface area contributed by atoms with Crippen LogP contribution in [0, 0.1) is 153 Å². The first-order valence-corrected chi connectivity index (χ1v) is 0. The predicted octanol–water partition coefficient (Wildman–Crippen LogP) is 6.41. The van der Waals surface area contributed by atoms with Crippen molar-refractivity contribution in [3.05, 3.63) is 0 Å². The molecule has 0 aliphatic carbocycles. The van der Waals surface area contributed by atoms with Gasteiger partial charge in [0.25, 0.3) is 0 Å². The molecular weight excluding hydrogens is 2750 g/mol. The minimum absolute atomic E-state index is 0. The van der Waals surface area contributed by atoms with Gasteiger partial charge in [0.15, 0.2) is 0 Å². The van der Waals surface area contributed by atoms with Crippen LogP contribution in [0.2, 0.25) is 0 Å². The van der Waals surface area contributed by atoms with E-state index in [1.165, 1.54) is 0 Å². The summed E-state index contributed by atoms with van der Waals surface area (Å²) < 4.78 is 0. The molecule has 0 heterocycles. The van der Waals surface area contributed by atoms with Crippen LogP contribution in [0.1, 0.15) is 0 Å². The molecule has 21 heavy (non-hydrogen) atoms. The SMILES string of the molecule is [Cd].[CsH].[Dy].[Ho].[I].[I].[I].[I].[I].[I].[I].[I].[I].[I].[In].[NaH].[Sc].[Sn].[Th].[Tl].[Tm]. The van der Waals surface area contributed by atoms with Gasteiger partial charge in [-0.3, -0.25) is 0 Å². The van der Waals surface area contributed by atoms with Crippen molar-refractivity contribution in [3.8, 4) is 0 Å². The third-order valence-corrected chi connectivity index (χ3v) is 0. The van der Waals surface area contributed by atoms with Gasteiger partial charge in [-0.25, -0.2) is 0 Å². The largest absolute Gasteiger partial charge is 0 e. The molecule has 0 aliphatic heterocycles. The maximum atomic E-state index is 0. The molecule has 0 saturated heterocycles. The third kappa shape index (κ3) is 145. The molecule has 0 bridgehead atoms. The van der Waals surface area contributed by atoms with E-state index in [4.69, 9.17) is 0 Å². The van der Waals surface area contributed by atoms with Crippen molar-refractivity contribution in [2.75, 3.05) is 0 Å². The maximum Gasteiger partial charge on any atom is 0 e. The normalized spacial score (nSPS) is 0. The van der Waals surface area contributed by atoms with Gasteiger partial charge in [0, 0.05) is 523 Å². The molecule has 0 aromatic heterocycles. The van der Waals surface area contributed by atoms with Gasteiger partial charge in [0.1, 0.15) is 0 Å². The molecule has 0 amide bonds. The van der Waals surface area contributed by atoms with Gasteiger partial charge < -0.3 is 0 Å². The Labute approximate surface area is 598 Å². The quantitative estimate of drug-likeness (QED) is 0.195. The Morgan fingerprint density at radius 1 is 0.571 bits per heavy atom. The molecule has 0 rings (SSSR count). The maximum absolute atomic E-state index is 0. The summed E-state index contributed by atoms with van der Waals surface area (Å²) in [6, 6.07) is 0. The summed E-state index contributed by atoms with van der Waals surface area (Å²) in [6.07, 6.45) is 0. The average Bonchev–Trinajstić information content (AvgIpc) is 0. The Bertz CT molecular complexity index is 59.0. The van der Waals surface area contributed by atoms with Crippen molar-refractivity contribution in [1.29, 1.82) is 0 Å². The summed E-state index contributed by atoms with van der Waals surface area (Å²) in [6.45, 7) is 0. The molecular formula is H2CdCsDyHoI10InNaScSnThTlTm. The van der Waals surface area contributed by atoms with Gasteiger partial charge >= 0.3 is 98.5 Å². The standard InChI is InChI=1S/Cd.Cs.Dy.Ho.10I.In.Na.Sc.Sn.Th.Tl.Tm.2H. The van der Waals surface area contributed by atoms with Crippen molar-refractivity contribution in [2.24, 2.45) is 0 Å². The Kier molecular flexibility index (Phi) is 1200. The van der Waals surface area contributed by atoms with Crippen LogP contribution in [-0.4, -0.2) is 176 Å². The molecule has 0 aromatic carbocycles. The van der Waals surface area contributed by atoms with Crippen molar-refractivity contribution in [1.82, 2.24) is 0 Å². The Balaban J connectivity index is 0. The van der Waals surface area contributed by atoms with Gasteiger partial charge in [0.05, 0.1) is 0 Å². The first kappa shape index (κ1) is 165. The molecule has 0 N–H and O–H groups in total. The van der Waals surface area contributed by atoms with Crippen LogP contribution in [0.4, 0.5) is 0 Å². The zero-order valence-electron chi connectivity index (χ0n) is 8.11. The monoisotopic (exact) mass is 2760 g/mol. The van der Waals surface area contributed by atoms with Crippen molar-refractivity contribution < 1.29 is 206 Å². The van der Waals surface area contributed by atoms with Gasteiger partial charge in [0.2, 0.25) is 0 Å². The summed E-state index contributed by atoms with van der Waals surface area (Å²) >= 11 is 0. The number of halogens is 10. The molecule has 0 spiro atoms. The van der Waals surface area contributed by atoms with Crippen LogP contribution in [0.15, 0.2) is 0 Å². The molecule has 21 radical (unpaired) electrons. The third-order valence-electron chi connectivity index (χ3n) is 0. The van der Waals surface area contributed by atoms with Crippen LogP contribution >= 0.6 is 240 Å². The van der Waals surface area contributed by atoms with Gasteiger partial charge in [-0.05, 0) is 0 Å². The van der Waals surface area contributed by atoms with E-state index in [2.05, 4.69) is 0 Å². The Hall–Kier alpha value is 19.8. The van der Waals surface area contributed by atoms with E-state index in [9.17, 15) is 0 Å². The topological polar surface area (TPSA) is 0 Å². The first-order chi connectivity index (χ1) is 0.